The van der Waals surface area contributed by atoms with E-state index in [1.807, 2.05) is 6.92 Å². The van der Waals surface area contributed by atoms with Crippen LogP contribution in [0.4, 0.5) is 32.2 Å². The zero-order valence-corrected chi connectivity index (χ0v) is 44.7. The van der Waals surface area contributed by atoms with Gasteiger partial charge < -0.3 is 19.3 Å². The summed E-state index contributed by atoms with van der Waals surface area (Å²) < 4.78 is 104. The first kappa shape index (κ1) is 56.5. The first-order chi connectivity index (χ1) is 39.8. The molecule has 0 spiro atoms. The number of pyridine rings is 1. The molecule has 0 unspecified atom stereocenters. The van der Waals surface area contributed by atoms with Gasteiger partial charge in [-0.1, -0.05) is 25.1 Å². The molecule has 10 rings (SSSR count). The van der Waals surface area contributed by atoms with E-state index in [0.29, 0.717) is 29.7 Å². The summed E-state index contributed by atoms with van der Waals surface area (Å²) in [5, 5.41) is 8.80. The molecule has 1 aliphatic rings. The minimum atomic E-state index is -4.75. The molecule has 1 aliphatic heterocycles. The normalized spacial score (nSPS) is 12.8. The zero-order chi connectivity index (χ0) is 58.7. The van der Waals surface area contributed by atoms with E-state index >= 15 is 0 Å². The van der Waals surface area contributed by atoms with Crippen LogP contribution in [0.15, 0.2) is 120 Å². The van der Waals surface area contributed by atoms with E-state index in [1.165, 1.54) is 102 Å². The molecule has 0 bridgehead atoms. The Kier molecular flexibility index (Phi) is 15.9. The molecule has 2 aromatic carbocycles. The summed E-state index contributed by atoms with van der Waals surface area (Å²) in [6.45, 7) is 4.76. The van der Waals surface area contributed by atoms with E-state index < -0.39 is 66.0 Å². The highest BCUT2D eigenvalue weighted by Crippen LogP contribution is 2.35. The van der Waals surface area contributed by atoms with Crippen LogP contribution in [0.2, 0.25) is 0 Å². The molecule has 28 heteroatoms. The maximum absolute atomic E-state index is 14.7. The van der Waals surface area contributed by atoms with Crippen molar-refractivity contribution in [1.29, 1.82) is 0 Å². The number of hydrogen-bond donors (Lipinski definition) is 0. The van der Waals surface area contributed by atoms with E-state index in [2.05, 4.69) is 30.1 Å². The largest absolute Gasteiger partial charge is 0.440 e. The molecule has 0 aliphatic carbocycles. The Labute approximate surface area is 466 Å². The highest BCUT2D eigenvalue weighted by atomic mass is 19.4. The van der Waals surface area contributed by atoms with Gasteiger partial charge in [0, 0.05) is 63.4 Å². The third-order valence-corrected chi connectivity index (χ3v) is 13.7. The molecule has 7 aromatic heterocycles. The van der Waals surface area contributed by atoms with Crippen molar-refractivity contribution in [2.45, 2.75) is 92.0 Å². The highest BCUT2D eigenvalue weighted by molar-refractivity contribution is 6.00. The molecule has 0 saturated heterocycles. The van der Waals surface area contributed by atoms with Crippen molar-refractivity contribution in [1.82, 2.24) is 67.6 Å². The third kappa shape index (κ3) is 11.9. The molecule has 0 N–H and O–H groups in total. The van der Waals surface area contributed by atoms with Gasteiger partial charge in [-0.05, 0) is 92.3 Å². The molecule has 22 nitrogen and oxygen atoms in total. The van der Waals surface area contributed by atoms with Crippen LogP contribution in [0.3, 0.4) is 0 Å². The number of halogens is 6. The number of rotatable bonds is 20. The fourth-order valence-electron chi connectivity index (χ4n) is 9.74. The standard InChI is InChI=1S/C55H51F6N15O7/c1-4-19-74-50(78)43-48(73(6-3)53(74)81)68-46(76(43)33-83-52(80)44-63-15-9-16-64-44)39-26-66-72(30-39)28-36-21-34(22-41(24-36)55(59,60)61)11-8-20-70-31-69(5-2)47-42(49(70)77)75(32-82-51(79)37-13-17-62-18-14-37)45(67-47)38-25-65-71(29-38)27-35-10-7-12-40(23-35)54(56,57)58/h7,9-10,12-18,21-26,29-30H,4-6,8,11,19-20,27-28,31-33H2,1-3H3. The molecule has 1 amide bonds. The number of esters is 2. The number of imidazole rings is 2. The van der Waals surface area contributed by atoms with Gasteiger partial charge in [0.05, 0.1) is 60.0 Å². The molecular weight excluding hydrogens is 1100 g/mol. The van der Waals surface area contributed by atoms with Gasteiger partial charge in [0.1, 0.15) is 11.6 Å². The fraction of sp³-hybridized carbons (Fsp3) is 0.309. The number of nitrogens with zero attached hydrogens (tertiary/aromatic N) is 15. The van der Waals surface area contributed by atoms with Crippen LogP contribution < -0.4 is 16.1 Å². The number of aromatic nitrogens is 13. The number of alkyl halides is 6. The lowest BCUT2D eigenvalue weighted by atomic mass is 10.0. The SMILES string of the molecule is CCCn1c(=O)c2c(nc(-c3cnn(Cc4cc(CCCN5CN(CC)c6nc(-c7cnn(Cc8cccc(C(F)(F)F)c8)c7)n(COC(=O)c7ccncc7)c6C5=O)cc(C(F)(F)F)c4)c3)n2COC(=O)c2ncccn2)n(CC)c1=O. The van der Waals surface area contributed by atoms with E-state index in [-0.39, 0.29) is 109 Å². The van der Waals surface area contributed by atoms with Gasteiger partial charge in [0.2, 0.25) is 5.82 Å². The van der Waals surface area contributed by atoms with Crippen LogP contribution in [0, 0.1) is 0 Å². The molecule has 430 valence electrons. The summed E-state index contributed by atoms with van der Waals surface area (Å²) in [6.07, 6.45) is 2.81. The molecule has 0 saturated carbocycles. The van der Waals surface area contributed by atoms with Crippen LogP contribution in [0.1, 0.15) is 92.9 Å². The maximum atomic E-state index is 14.7. The average molecular weight is 1150 g/mol. The maximum Gasteiger partial charge on any atom is 0.416 e. The van der Waals surface area contributed by atoms with E-state index in [1.54, 1.807) is 31.0 Å². The summed E-state index contributed by atoms with van der Waals surface area (Å²) in [5.74, 6) is -1.91. The van der Waals surface area contributed by atoms with Crippen LogP contribution in [-0.4, -0.2) is 105 Å². The summed E-state index contributed by atoms with van der Waals surface area (Å²) >= 11 is 0. The number of carbonyl (C=O) groups is 3. The quantitative estimate of drug-likeness (QED) is 0.0530. The number of hydrogen-bond acceptors (Lipinski definition) is 15. The summed E-state index contributed by atoms with van der Waals surface area (Å²) in [4.78, 5) is 93.1. The molecule has 9 aromatic rings. The molecule has 0 radical (unpaired) electrons. The van der Waals surface area contributed by atoms with E-state index in [0.717, 1.165) is 28.8 Å². The van der Waals surface area contributed by atoms with Gasteiger partial charge in [-0.25, -0.2) is 34.3 Å². The van der Waals surface area contributed by atoms with Crippen LogP contribution >= 0.6 is 0 Å². The van der Waals surface area contributed by atoms with E-state index in [9.17, 15) is 50.3 Å². The topological polar surface area (TPSA) is 230 Å². The van der Waals surface area contributed by atoms with Crippen molar-refractivity contribution in [3.63, 3.8) is 0 Å². The summed E-state index contributed by atoms with van der Waals surface area (Å²) in [7, 11) is 0. The Balaban J connectivity index is 0.905. The molecule has 0 fully saturated rings. The fourth-order valence-corrected chi connectivity index (χ4v) is 9.74. The second-order valence-electron chi connectivity index (χ2n) is 19.2. The Hall–Kier alpha value is -9.76. The van der Waals surface area contributed by atoms with Gasteiger partial charge in [-0.15, -0.1) is 0 Å². The van der Waals surface area contributed by atoms with Crippen molar-refractivity contribution in [3.8, 4) is 22.8 Å². The smallest absolute Gasteiger partial charge is 0.416 e. The van der Waals surface area contributed by atoms with E-state index in [4.69, 9.17) is 14.5 Å². The van der Waals surface area contributed by atoms with Crippen LogP contribution in [0.25, 0.3) is 33.9 Å². The van der Waals surface area contributed by atoms with Crippen molar-refractivity contribution < 1.29 is 50.2 Å². The number of benzene rings is 2. The number of carbonyl (C=O) groups excluding carboxylic acids is 3. The van der Waals surface area contributed by atoms with Crippen molar-refractivity contribution in [3.05, 3.63) is 176 Å². The second-order valence-corrected chi connectivity index (χ2v) is 19.2. The number of aryl methyl sites for hydroxylation is 2. The van der Waals surface area contributed by atoms with Gasteiger partial charge in [0.15, 0.2) is 36.1 Å². The predicted molar refractivity (Wildman–Crippen MR) is 284 cm³/mol. The second kappa shape index (κ2) is 23.4. The summed E-state index contributed by atoms with van der Waals surface area (Å²) in [5.41, 5.74) is -1.32. The summed E-state index contributed by atoms with van der Waals surface area (Å²) in [6, 6.07) is 12.9. The Morgan fingerprint density at radius 1 is 0.639 bits per heavy atom. The minimum absolute atomic E-state index is 0.0140. The first-order valence-corrected chi connectivity index (χ1v) is 26.1. The molecular formula is C55H51F6N15O7. The third-order valence-electron chi connectivity index (χ3n) is 13.7. The number of anilines is 1. The van der Waals surface area contributed by atoms with Gasteiger partial charge in [-0.3, -0.25) is 42.2 Å². The Bertz CT molecular complexity index is 4000. The lowest BCUT2D eigenvalue weighted by Gasteiger charge is -2.35. The number of amides is 1. The van der Waals surface area contributed by atoms with Crippen LogP contribution in [-0.2, 0) is 67.9 Å². The van der Waals surface area contributed by atoms with Crippen LogP contribution in [0.5, 0.6) is 0 Å². The van der Waals surface area contributed by atoms with Crippen molar-refractivity contribution in [2.75, 3.05) is 24.7 Å². The average Bonchev–Trinajstić information content (AvgIpc) is 4.00. The molecule has 0 atom stereocenters. The lowest BCUT2D eigenvalue weighted by molar-refractivity contribution is -0.138. The van der Waals surface area contributed by atoms with Crippen molar-refractivity contribution >= 4 is 34.8 Å². The van der Waals surface area contributed by atoms with Gasteiger partial charge >= 0.3 is 30.0 Å². The molecule has 8 heterocycles. The number of ether oxygens (including phenoxy) is 2. The Morgan fingerprint density at radius 3 is 1.94 bits per heavy atom. The highest BCUT2D eigenvalue weighted by Gasteiger charge is 2.37. The Morgan fingerprint density at radius 2 is 1.28 bits per heavy atom. The molecule has 83 heavy (non-hydrogen) atoms. The van der Waals surface area contributed by atoms with Crippen molar-refractivity contribution in [2.24, 2.45) is 0 Å². The lowest BCUT2D eigenvalue weighted by Crippen LogP contribution is -2.47. The minimum Gasteiger partial charge on any atom is -0.440 e. The van der Waals surface area contributed by atoms with Gasteiger partial charge in [0.25, 0.3) is 11.5 Å². The zero-order valence-electron chi connectivity index (χ0n) is 44.7. The number of fused-ring (bicyclic) bond motifs is 2. The monoisotopic (exact) mass is 1150 g/mol. The first-order valence-electron chi connectivity index (χ1n) is 26.1. The predicted octanol–water partition coefficient (Wildman–Crippen LogP) is 7.53. The van der Waals surface area contributed by atoms with Gasteiger partial charge in [-0.2, -0.15) is 36.5 Å².